The van der Waals surface area contributed by atoms with Gasteiger partial charge in [-0.3, -0.25) is 33.8 Å². The zero-order valence-electron chi connectivity index (χ0n) is 27.8. The van der Waals surface area contributed by atoms with Crippen LogP contribution < -0.4 is 38.5 Å². The predicted octanol–water partition coefficient (Wildman–Crippen LogP) is -4.42. The number of carboxylic acid groups (broad SMARTS) is 1. The Labute approximate surface area is 289 Å². The second-order valence-electron chi connectivity index (χ2n) is 12.3. The number of aliphatic imine (C=N–C) groups is 1. The summed E-state index contributed by atoms with van der Waals surface area (Å²) >= 11 is 3.87. The molecule has 2 rings (SSSR count). The van der Waals surface area contributed by atoms with E-state index in [0.29, 0.717) is 45.1 Å². The standard InChI is InChI=1S/C29H50N10O9S/c1-15(2)22(26(45)35-17(13-40)24(43)36-18(14-49)28(47)48)37-25(44)19-7-4-11-39(19)27(46)20-8-5-10-38(20)21(41)12-34-23(42)16(30)6-3-9-33-29(31)32/h15-20,22,40,49H,3-14,30H2,1-2H3,(H,34,42)(H,35,45)(H,36,43)(H,37,44)(H,47,48)(H4,31,32,33)/t16-,17-,18-,19-,20-,22-/m0/s1. The lowest BCUT2D eigenvalue weighted by Gasteiger charge is -2.32. The summed E-state index contributed by atoms with van der Waals surface area (Å²) < 4.78 is 0. The van der Waals surface area contributed by atoms with Crippen molar-refractivity contribution < 1.29 is 43.8 Å². The van der Waals surface area contributed by atoms with Crippen molar-refractivity contribution in [1.29, 1.82) is 0 Å². The Morgan fingerprint density at radius 2 is 1.51 bits per heavy atom. The van der Waals surface area contributed by atoms with Crippen LogP contribution in [0.5, 0.6) is 0 Å². The van der Waals surface area contributed by atoms with Crippen LogP contribution in [0.4, 0.5) is 0 Å². The van der Waals surface area contributed by atoms with Crippen LogP contribution in [0.1, 0.15) is 52.4 Å². The molecule has 2 fully saturated rings. The monoisotopic (exact) mass is 714 g/mol. The molecule has 19 nitrogen and oxygen atoms in total. The van der Waals surface area contributed by atoms with Gasteiger partial charge in [0.05, 0.1) is 19.2 Å². The topological polar surface area (TPSA) is 305 Å². The molecule has 0 aliphatic carbocycles. The summed E-state index contributed by atoms with van der Waals surface area (Å²) in [4.78, 5) is 96.2. The molecule has 276 valence electrons. The molecule has 0 radical (unpaired) electrons. The van der Waals surface area contributed by atoms with Crippen molar-refractivity contribution in [1.82, 2.24) is 31.1 Å². The molecule has 12 N–H and O–H groups in total. The first-order chi connectivity index (χ1) is 23.1. The van der Waals surface area contributed by atoms with E-state index < -0.39 is 90.2 Å². The molecule has 2 aliphatic rings. The highest BCUT2D eigenvalue weighted by Gasteiger charge is 2.43. The Balaban J connectivity index is 2.01. The summed E-state index contributed by atoms with van der Waals surface area (Å²) in [6, 6.07) is -6.68. The summed E-state index contributed by atoms with van der Waals surface area (Å²) in [6.07, 6.45) is 2.47. The third kappa shape index (κ3) is 12.0. The van der Waals surface area contributed by atoms with Crippen molar-refractivity contribution in [3.8, 4) is 0 Å². The van der Waals surface area contributed by atoms with Crippen molar-refractivity contribution in [2.45, 2.75) is 88.6 Å². The molecule has 0 unspecified atom stereocenters. The number of hydrogen-bond acceptors (Lipinski definition) is 11. The fourth-order valence-corrected chi connectivity index (χ4v) is 5.81. The van der Waals surface area contributed by atoms with Gasteiger partial charge in [-0.2, -0.15) is 12.6 Å². The fraction of sp³-hybridized carbons (Fsp3) is 0.724. The van der Waals surface area contributed by atoms with Crippen LogP contribution in [-0.2, 0) is 33.6 Å². The van der Waals surface area contributed by atoms with Crippen LogP contribution in [0, 0.1) is 5.92 Å². The highest BCUT2D eigenvalue weighted by Crippen LogP contribution is 2.25. The van der Waals surface area contributed by atoms with Crippen molar-refractivity contribution in [3.05, 3.63) is 0 Å². The van der Waals surface area contributed by atoms with E-state index in [1.54, 1.807) is 13.8 Å². The Morgan fingerprint density at radius 3 is 2.08 bits per heavy atom. The molecule has 2 heterocycles. The number of nitrogens with zero attached hydrogens (tertiary/aromatic N) is 3. The Kier molecular flexibility index (Phi) is 16.5. The van der Waals surface area contributed by atoms with Gasteiger partial charge >= 0.3 is 5.97 Å². The van der Waals surface area contributed by atoms with Crippen LogP contribution >= 0.6 is 12.6 Å². The van der Waals surface area contributed by atoms with Gasteiger partial charge < -0.3 is 58.5 Å². The van der Waals surface area contributed by atoms with Crippen LogP contribution in [0.15, 0.2) is 4.99 Å². The van der Waals surface area contributed by atoms with Gasteiger partial charge in [0.1, 0.15) is 30.2 Å². The van der Waals surface area contributed by atoms with E-state index >= 15 is 0 Å². The number of hydrogen-bond donors (Lipinski definition) is 10. The number of nitrogens with one attached hydrogen (secondary N) is 4. The molecular weight excluding hydrogens is 664 g/mol. The molecule has 0 saturated carbocycles. The van der Waals surface area contributed by atoms with Gasteiger partial charge in [-0.15, -0.1) is 0 Å². The van der Waals surface area contributed by atoms with Crippen molar-refractivity contribution >= 4 is 60.0 Å². The number of aliphatic carboxylic acids is 1. The van der Waals surface area contributed by atoms with E-state index in [9.17, 15) is 38.7 Å². The molecule has 0 spiro atoms. The minimum Gasteiger partial charge on any atom is -0.480 e. The molecule has 0 aromatic carbocycles. The first-order valence-corrected chi connectivity index (χ1v) is 16.8. The fourth-order valence-electron chi connectivity index (χ4n) is 5.56. The minimum atomic E-state index is -1.50. The smallest absolute Gasteiger partial charge is 0.327 e. The van der Waals surface area contributed by atoms with Crippen molar-refractivity contribution in [2.75, 3.05) is 38.5 Å². The molecule has 6 atom stereocenters. The number of carbonyl (C=O) groups excluding carboxylic acids is 6. The molecule has 2 aliphatic heterocycles. The molecule has 0 aromatic heterocycles. The Bertz CT molecular complexity index is 1250. The highest BCUT2D eigenvalue weighted by molar-refractivity contribution is 7.80. The average molecular weight is 715 g/mol. The maximum atomic E-state index is 13.7. The Morgan fingerprint density at radius 1 is 0.898 bits per heavy atom. The van der Waals surface area contributed by atoms with Gasteiger partial charge in [0.15, 0.2) is 5.96 Å². The SMILES string of the molecule is CC(C)[C@H](NC(=O)[C@@H]1CCCN1C(=O)[C@@H]1CCCN1C(=O)CNC(=O)[C@@H](N)CCCN=C(N)N)C(=O)N[C@@H](CO)C(=O)N[C@@H](CS)C(=O)O. The van der Waals surface area contributed by atoms with Crippen LogP contribution in [-0.4, -0.2) is 142 Å². The van der Waals surface area contributed by atoms with Gasteiger partial charge in [-0.05, 0) is 44.4 Å². The van der Waals surface area contributed by atoms with Crippen LogP contribution in [0.3, 0.4) is 0 Å². The molecule has 0 bridgehead atoms. The summed E-state index contributed by atoms with van der Waals surface area (Å²) in [5.41, 5.74) is 16.4. The van der Waals surface area contributed by atoms with Gasteiger partial charge in [0, 0.05) is 25.4 Å². The normalized spacial score (nSPS) is 19.7. The minimum absolute atomic E-state index is 0.0681. The molecular formula is C29H50N10O9S. The second kappa shape index (κ2) is 19.7. The molecule has 6 amide bonds. The molecule has 2 saturated heterocycles. The van der Waals surface area contributed by atoms with Gasteiger partial charge in [-0.1, -0.05) is 13.8 Å². The largest absolute Gasteiger partial charge is 0.480 e. The number of carbonyl (C=O) groups is 7. The number of amides is 6. The van der Waals surface area contributed by atoms with Gasteiger partial charge in [-0.25, -0.2) is 4.79 Å². The van der Waals surface area contributed by atoms with E-state index in [2.05, 4.69) is 38.9 Å². The average Bonchev–Trinajstić information content (AvgIpc) is 3.75. The van der Waals surface area contributed by atoms with Crippen LogP contribution in [0.2, 0.25) is 0 Å². The lowest BCUT2D eigenvalue weighted by atomic mass is 10.0. The quantitative estimate of drug-likeness (QED) is 0.0279. The third-order valence-electron chi connectivity index (χ3n) is 8.27. The van der Waals surface area contributed by atoms with E-state index in [-0.39, 0.29) is 31.3 Å². The summed E-state index contributed by atoms with van der Waals surface area (Å²) in [5.74, 6) is -5.91. The molecule has 49 heavy (non-hydrogen) atoms. The number of aliphatic hydroxyl groups is 1. The number of nitrogens with two attached hydrogens (primary N) is 3. The van der Waals surface area contributed by atoms with E-state index in [1.807, 2.05) is 0 Å². The van der Waals surface area contributed by atoms with Crippen LogP contribution in [0.25, 0.3) is 0 Å². The number of aliphatic hydroxyl groups excluding tert-OH is 1. The predicted molar refractivity (Wildman–Crippen MR) is 180 cm³/mol. The number of thiol groups is 1. The number of carboxylic acids is 1. The summed E-state index contributed by atoms with van der Waals surface area (Å²) in [5, 5.41) is 28.5. The third-order valence-corrected chi connectivity index (χ3v) is 8.64. The molecule has 20 heteroatoms. The van der Waals surface area contributed by atoms with E-state index in [1.165, 1.54) is 9.80 Å². The summed E-state index contributed by atoms with van der Waals surface area (Å²) in [6.45, 7) is 2.94. The number of likely N-dealkylation sites (tertiary alicyclic amines) is 2. The molecule has 0 aromatic rings. The number of rotatable bonds is 18. The number of guanidine groups is 1. The van der Waals surface area contributed by atoms with Gasteiger partial charge in [0.25, 0.3) is 0 Å². The summed E-state index contributed by atoms with van der Waals surface area (Å²) in [7, 11) is 0. The van der Waals surface area contributed by atoms with Crippen molar-refractivity contribution in [2.24, 2.45) is 28.1 Å². The zero-order valence-corrected chi connectivity index (χ0v) is 28.7. The lowest BCUT2D eigenvalue weighted by Crippen LogP contribution is -2.60. The first kappa shape index (κ1) is 41.0. The zero-order chi connectivity index (χ0) is 36.8. The highest BCUT2D eigenvalue weighted by atomic mass is 32.1. The van der Waals surface area contributed by atoms with Crippen molar-refractivity contribution in [3.63, 3.8) is 0 Å². The lowest BCUT2D eigenvalue weighted by molar-refractivity contribution is -0.147. The van der Waals surface area contributed by atoms with Gasteiger partial charge in [0.2, 0.25) is 35.4 Å². The maximum absolute atomic E-state index is 13.7. The van der Waals surface area contributed by atoms with E-state index in [4.69, 9.17) is 22.3 Å². The Hall–Kier alpha value is -4.17. The second-order valence-corrected chi connectivity index (χ2v) is 12.6. The van der Waals surface area contributed by atoms with E-state index in [0.717, 1.165) is 0 Å². The first-order valence-electron chi connectivity index (χ1n) is 16.2. The maximum Gasteiger partial charge on any atom is 0.327 e.